The fraction of sp³-hybridized carbons (Fsp3) is 0.474. The van der Waals surface area contributed by atoms with Crippen molar-refractivity contribution in [2.24, 2.45) is 0 Å². The Kier molecular flexibility index (Phi) is 4.10. The Morgan fingerprint density at radius 1 is 1.33 bits per heavy atom. The van der Waals surface area contributed by atoms with E-state index in [9.17, 15) is 4.79 Å². The molecule has 0 unspecified atom stereocenters. The first-order valence-electron chi connectivity index (χ1n) is 8.81. The molecule has 3 heterocycles. The van der Waals surface area contributed by atoms with Crippen LogP contribution in [0.2, 0.25) is 0 Å². The van der Waals surface area contributed by atoms with Gasteiger partial charge in [-0.05, 0) is 30.0 Å². The predicted octanol–water partition coefficient (Wildman–Crippen LogP) is 2.22. The molecule has 0 bridgehead atoms. The highest BCUT2D eigenvalue weighted by Gasteiger charge is 2.21. The number of benzene rings is 1. The zero-order chi connectivity index (χ0) is 16.5. The van der Waals surface area contributed by atoms with Crippen LogP contribution in [-0.4, -0.2) is 28.0 Å². The summed E-state index contributed by atoms with van der Waals surface area (Å²) < 4.78 is 5.58. The van der Waals surface area contributed by atoms with E-state index in [-0.39, 0.29) is 5.56 Å². The molecule has 0 saturated heterocycles. The maximum atomic E-state index is 12.2. The number of aromatic nitrogens is 2. The van der Waals surface area contributed by atoms with Gasteiger partial charge in [0.05, 0.1) is 12.3 Å². The van der Waals surface area contributed by atoms with Gasteiger partial charge in [-0.1, -0.05) is 19.1 Å². The molecule has 2 aliphatic rings. The summed E-state index contributed by atoms with van der Waals surface area (Å²) in [6.45, 7) is 5.44. The van der Waals surface area contributed by atoms with Gasteiger partial charge < -0.3 is 9.72 Å². The van der Waals surface area contributed by atoms with Gasteiger partial charge in [0.1, 0.15) is 11.6 Å². The Hall–Kier alpha value is -2.14. The van der Waals surface area contributed by atoms with E-state index in [0.717, 1.165) is 74.8 Å². The summed E-state index contributed by atoms with van der Waals surface area (Å²) in [4.78, 5) is 22.2. The highest BCUT2D eigenvalue weighted by atomic mass is 16.5. The van der Waals surface area contributed by atoms with E-state index in [2.05, 4.69) is 35.0 Å². The van der Waals surface area contributed by atoms with Crippen LogP contribution in [0.4, 0.5) is 0 Å². The summed E-state index contributed by atoms with van der Waals surface area (Å²) in [5.41, 5.74) is 4.50. The van der Waals surface area contributed by atoms with Crippen LogP contribution < -0.4 is 10.3 Å². The quantitative estimate of drug-likeness (QED) is 0.936. The van der Waals surface area contributed by atoms with Crippen LogP contribution in [0.5, 0.6) is 5.75 Å². The molecule has 0 radical (unpaired) electrons. The Balaban J connectivity index is 1.52. The summed E-state index contributed by atoms with van der Waals surface area (Å²) in [6, 6.07) is 6.48. The zero-order valence-electron chi connectivity index (χ0n) is 14.1. The molecule has 5 heteroatoms. The number of fused-ring (bicyclic) bond motifs is 2. The maximum Gasteiger partial charge on any atom is 0.254 e. The van der Waals surface area contributed by atoms with Crippen molar-refractivity contribution in [3.05, 3.63) is 56.8 Å². The Morgan fingerprint density at radius 2 is 2.25 bits per heavy atom. The van der Waals surface area contributed by atoms with Gasteiger partial charge in [0, 0.05) is 38.0 Å². The number of hydrogen-bond acceptors (Lipinski definition) is 4. The zero-order valence-corrected chi connectivity index (χ0v) is 14.1. The molecule has 0 spiro atoms. The molecule has 0 saturated carbocycles. The van der Waals surface area contributed by atoms with E-state index < -0.39 is 0 Å². The topological polar surface area (TPSA) is 58.2 Å². The molecule has 0 atom stereocenters. The molecular formula is C19H23N3O2. The number of H-pyrrole nitrogens is 1. The summed E-state index contributed by atoms with van der Waals surface area (Å²) in [6.07, 6.45) is 3.59. The van der Waals surface area contributed by atoms with Crippen molar-refractivity contribution in [2.75, 3.05) is 13.2 Å². The van der Waals surface area contributed by atoms with E-state index in [4.69, 9.17) is 9.72 Å². The van der Waals surface area contributed by atoms with Gasteiger partial charge in [0.2, 0.25) is 0 Å². The minimum atomic E-state index is 0.0535. The molecule has 0 amide bonds. The molecule has 126 valence electrons. The van der Waals surface area contributed by atoms with E-state index in [1.165, 1.54) is 11.1 Å². The lowest BCUT2D eigenvalue weighted by Gasteiger charge is -2.27. The Morgan fingerprint density at radius 3 is 3.12 bits per heavy atom. The maximum absolute atomic E-state index is 12.2. The molecule has 1 aromatic heterocycles. The van der Waals surface area contributed by atoms with Crippen LogP contribution in [0.1, 0.15) is 41.6 Å². The largest absolute Gasteiger partial charge is 0.493 e. The number of nitrogens with zero attached hydrogens (tertiary/aromatic N) is 2. The number of ether oxygens (including phenoxy) is 1. The molecular weight excluding hydrogens is 302 g/mol. The van der Waals surface area contributed by atoms with Gasteiger partial charge in [0.15, 0.2) is 0 Å². The van der Waals surface area contributed by atoms with Crippen LogP contribution in [0.25, 0.3) is 0 Å². The third-order valence-electron chi connectivity index (χ3n) is 4.85. The minimum Gasteiger partial charge on any atom is -0.493 e. The average Bonchev–Trinajstić information content (AvgIpc) is 3.02. The van der Waals surface area contributed by atoms with Crippen LogP contribution in [-0.2, 0) is 32.4 Å². The lowest BCUT2D eigenvalue weighted by molar-refractivity contribution is 0.240. The van der Waals surface area contributed by atoms with Crippen molar-refractivity contribution >= 4 is 0 Å². The SMILES string of the molecule is CCCc1nc2c(c(=O)[nH]1)CCN(Cc1ccc3c(c1)CCO3)C2. The van der Waals surface area contributed by atoms with Gasteiger partial charge in [-0.3, -0.25) is 9.69 Å². The molecule has 1 aromatic carbocycles. The fourth-order valence-electron chi connectivity index (χ4n) is 3.63. The molecule has 2 aliphatic heterocycles. The molecule has 2 aromatic rings. The second-order valence-electron chi connectivity index (χ2n) is 6.69. The molecule has 24 heavy (non-hydrogen) atoms. The van der Waals surface area contributed by atoms with Crippen molar-refractivity contribution in [3.8, 4) is 5.75 Å². The third-order valence-corrected chi connectivity index (χ3v) is 4.85. The number of nitrogens with one attached hydrogen (secondary N) is 1. The smallest absolute Gasteiger partial charge is 0.254 e. The van der Waals surface area contributed by atoms with Crippen molar-refractivity contribution in [1.29, 1.82) is 0 Å². The highest BCUT2D eigenvalue weighted by Crippen LogP contribution is 2.27. The molecule has 0 fully saturated rings. The second kappa shape index (κ2) is 6.40. The van der Waals surface area contributed by atoms with Gasteiger partial charge >= 0.3 is 0 Å². The van der Waals surface area contributed by atoms with Gasteiger partial charge in [-0.25, -0.2) is 4.98 Å². The standard InChI is InChI=1S/C19H23N3O2/c1-2-3-18-20-16-12-22(8-6-15(16)19(23)21-18)11-13-4-5-17-14(10-13)7-9-24-17/h4-5,10H,2-3,6-9,11-12H2,1H3,(H,20,21,23). The van der Waals surface area contributed by atoms with Crippen molar-refractivity contribution in [2.45, 2.75) is 45.7 Å². The van der Waals surface area contributed by atoms with Gasteiger partial charge in [-0.2, -0.15) is 0 Å². The lowest BCUT2D eigenvalue weighted by atomic mass is 10.0. The van der Waals surface area contributed by atoms with E-state index in [0.29, 0.717) is 0 Å². The Labute approximate surface area is 141 Å². The van der Waals surface area contributed by atoms with Gasteiger partial charge in [-0.15, -0.1) is 0 Å². The highest BCUT2D eigenvalue weighted by molar-refractivity contribution is 5.39. The average molecular weight is 325 g/mol. The first-order chi connectivity index (χ1) is 11.7. The molecule has 0 aliphatic carbocycles. The number of hydrogen-bond donors (Lipinski definition) is 1. The summed E-state index contributed by atoms with van der Waals surface area (Å²) in [5.74, 6) is 1.85. The number of aromatic amines is 1. The third kappa shape index (κ3) is 2.96. The van der Waals surface area contributed by atoms with Crippen molar-refractivity contribution in [1.82, 2.24) is 14.9 Å². The lowest BCUT2D eigenvalue weighted by Crippen LogP contribution is -2.35. The molecule has 1 N–H and O–H groups in total. The minimum absolute atomic E-state index is 0.0535. The second-order valence-corrected chi connectivity index (χ2v) is 6.69. The summed E-state index contributed by atoms with van der Waals surface area (Å²) in [7, 11) is 0. The van der Waals surface area contributed by atoms with Crippen LogP contribution in [0.15, 0.2) is 23.0 Å². The first-order valence-corrected chi connectivity index (χ1v) is 8.81. The van der Waals surface area contributed by atoms with E-state index in [1.54, 1.807) is 0 Å². The van der Waals surface area contributed by atoms with E-state index in [1.807, 2.05) is 0 Å². The van der Waals surface area contributed by atoms with E-state index >= 15 is 0 Å². The predicted molar refractivity (Wildman–Crippen MR) is 92.3 cm³/mol. The van der Waals surface area contributed by atoms with Crippen LogP contribution in [0.3, 0.4) is 0 Å². The number of aryl methyl sites for hydroxylation is 1. The molecule has 5 nitrogen and oxygen atoms in total. The Bertz CT molecular complexity index is 813. The van der Waals surface area contributed by atoms with Crippen LogP contribution >= 0.6 is 0 Å². The molecule has 4 rings (SSSR count). The summed E-state index contributed by atoms with van der Waals surface area (Å²) in [5, 5.41) is 0. The van der Waals surface area contributed by atoms with Crippen molar-refractivity contribution < 1.29 is 4.74 Å². The van der Waals surface area contributed by atoms with Crippen LogP contribution in [0, 0.1) is 0 Å². The first kappa shape index (κ1) is 15.4. The normalized spacial score (nSPS) is 16.5. The monoisotopic (exact) mass is 325 g/mol. The number of rotatable bonds is 4. The van der Waals surface area contributed by atoms with Gasteiger partial charge in [0.25, 0.3) is 5.56 Å². The summed E-state index contributed by atoms with van der Waals surface area (Å²) >= 11 is 0. The fourth-order valence-corrected chi connectivity index (χ4v) is 3.63. The van der Waals surface area contributed by atoms with Crippen molar-refractivity contribution in [3.63, 3.8) is 0 Å².